The summed E-state index contributed by atoms with van der Waals surface area (Å²) in [6.07, 6.45) is 5.12. The van der Waals surface area contributed by atoms with Gasteiger partial charge in [0.15, 0.2) is 0 Å². The van der Waals surface area contributed by atoms with E-state index in [0.717, 1.165) is 17.7 Å². The third-order valence-electron chi connectivity index (χ3n) is 4.94. The minimum absolute atomic E-state index is 0.420. The maximum atomic E-state index is 11.3. The second kappa shape index (κ2) is 7.73. The molecule has 1 aromatic heterocycles. The van der Waals surface area contributed by atoms with E-state index in [1.54, 1.807) is 17.6 Å². The van der Waals surface area contributed by atoms with Gasteiger partial charge in [-0.25, -0.2) is 5.48 Å². The zero-order valence-electron chi connectivity index (χ0n) is 14.9. The van der Waals surface area contributed by atoms with Crippen LogP contribution in [0.15, 0.2) is 67.0 Å². The van der Waals surface area contributed by atoms with Crippen LogP contribution in [0, 0.1) is 0 Å². The summed E-state index contributed by atoms with van der Waals surface area (Å²) in [6.45, 7) is 1.45. The molecule has 1 saturated carbocycles. The van der Waals surface area contributed by atoms with Crippen LogP contribution in [0.4, 0.5) is 0 Å². The first-order valence-corrected chi connectivity index (χ1v) is 9.06. The molecule has 0 radical (unpaired) electrons. The van der Waals surface area contributed by atoms with Crippen molar-refractivity contribution in [3.05, 3.63) is 89.2 Å². The molecular formula is C21H22N4O2. The molecule has 1 fully saturated rings. The van der Waals surface area contributed by atoms with E-state index in [9.17, 15) is 4.79 Å². The Labute approximate surface area is 157 Å². The smallest absolute Gasteiger partial charge is 0.274 e. The highest BCUT2D eigenvalue weighted by Gasteiger charge is 2.37. The van der Waals surface area contributed by atoms with E-state index in [1.165, 1.54) is 12.0 Å². The molecule has 1 amide bonds. The lowest BCUT2D eigenvalue weighted by molar-refractivity contribution is 0.0706. The molecule has 6 heteroatoms. The molecule has 0 spiro atoms. The van der Waals surface area contributed by atoms with Gasteiger partial charge in [-0.05, 0) is 29.7 Å². The summed E-state index contributed by atoms with van der Waals surface area (Å²) in [5.74, 6) is 0.110. The van der Waals surface area contributed by atoms with Gasteiger partial charge in [0.1, 0.15) is 0 Å². The monoisotopic (exact) mass is 362 g/mol. The quantitative estimate of drug-likeness (QED) is 0.446. The molecule has 0 bridgehead atoms. The molecule has 1 heterocycles. The van der Waals surface area contributed by atoms with Gasteiger partial charge >= 0.3 is 0 Å². The molecule has 0 aliphatic heterocycles. The normalized spacial score (nSPS) is 18.3. The molecule has 1 aliphatic rings. The van der Waals surface area contributed by atoms with Crippen molar-refractivity contribution in [2.75, 3.05) is 0 Å². The van der Waals surface area contributed by atoms with Crippen LogP contribution in [0.1, 0.15) is 39.4 Å². The van der Waals surface area contributed by atoms with Crippen LogP contribution in [-0.4, -0.2) is 26.9 Å². The van der Waals surface area contributed by atoms with Crippen molar-refractivity contribution in [1.82, 2.24) is 20.6 Å². The van der Waals surface area contributed by atoms with Crippen molar-refractivity contribution in [1.29, 1.82) is 0 Å². The van der Waals surface area contributed by atoms with Gasteiger partial charge in [-0.3, -0.25) is 14.7 Å². The van der Waals surface area contributed by atoms with Gasteiger partial charge in [-0.15, -0.1) is 0 Å². The van der Waals surface area contributed by atoms with Gasteiger partial charge in [-0.1, -0.05) is 42.5 Å². The van der Waals surface area contributed by atoms with Crippen LogP contribution >= 0.6 is 0 Å². The maximum absolute atomic E-state index is 11.3. The number of hydrogen-bond donors (Lipinski definition) is 3. The number of amides is 1. The number of carbonyl (C=O) groups is 1. The van der Waals surface area contributed by atoms with Crippen LogP contribution in [-0.2, 0) is 13.1 Å². The van der Waals surface area contributed by atoms with Crippen LogP contribution in [0.3, 0.4) is 0 Å². The number of nitrogens with zero attached hydrogens (tertiary/aromatic N) is 2. The van der Waals surface area contributed by atoms with Crippen LogP contribution < -0.4 is 10.8 Å². The van der Waals surface area contributed by atoms with Crippen molar-refractivity contribution < 1.29 is 10.0 Å². The molecule has 3 aromatic rings. The fraction of sp³-hybridized carbons (Fsp3) is 0.238. The molecule has 2 aromatic carbocycles. The standard InChI is InChI=1S/C21H22N4O2/c26-21(24-27)18-8-6-15(7-9-18)13-25-14-16(12-23-25)11-22-20-10-19(20)17-4-2-1-3-5-17/h1-9,12,14,19-20,22,27H,10-11,13H2,(H,24,26)/t19-,20+/m1/s1. The van der Waals surface area contributed by atoms with Gasteiger partial charge in [0, 0.05) is 35.8 Å². The Hall–Kier alpha value is -2.96. The van der Waals surface area contributed by atoms with E-state index in [2.05, 4.69) is 40.7 Å². The van der Waals surface area contributed by atoms with Crippen molar-refractivity contribution in [3.8, 4) is 0 Å². The van der Waals surface area contributed by atoms with Crippen molar-refractivity contribution in [2.24, 2.45) is 0 Å². The molecule has 0 saturated heterocycles. The summed E-state index contributed by atoms with van der Waals surface area (Å²) in [6, 6.07) is 18.3. The topological polar surface area (TPSA) is 79.2 Å². The highest BCUT2D eigenvalue weighted by molar-refractivity contribution is 5.93. The SMILES string of the molecule is O=C(NO)c1ccc(Cn2cc(CN[C@H]3C[C@@H]3c3ccccc3)cn2)cc1. The summed E-state index contributed by atoms with van der Waals surface area (Å²) >= 11 is 0. The predicted molar refractivity (Wildman–Crippen MR) is 101 cm³/mol. The van der Waals surface area contributed by atoms with Gasteiger partial charge in [0.05, 0.1) is 12.7 Å². The molecule has 1 aliphatic carbocycles. The first-order chi connectivity index (χ1) is 13.2. The Balaban J connectivity index is 1.28. The van der Waals surface area contributed by atoms with E-state index < -0.39 is 5.91 Å². The third-order valence-corrected chi connectivity index (χ3v) is 4.94. The Bertz CT molecular complexity index is 905. The number of nitrogens with one attached hydrogen (secondary N) is 2. The van der Waals surface area contributed by atoms with E-state index in [4.69, 9.17) is 5.21 Å². The summed E-state index contributed by atoms with van der Waals surface area (Å²) in [4.78, 5) is 11.3. The van der Waals surface area contributed by atoms with Gasteiger partial charge in [-0.2, -0.15) is 5.10 Å². The van der Waals surface area contributed by atoms with Crippen LogP contribution in [0.5, 0.6) is 0 Å². The van der Waals surface area contributed by atoms with Gasteiger partial charge in [0.25, 0.3) is 5.91 Å². The highest BCUT2D eigenvalue weighted by Crippen LogP contribution is 2.40. The third kappa shape index (κ3) is 4.24. The Morgan fingerprint density at radius 1 is 1.11 bits per heavy atom. The Kier molecular flexibility index (Phi) is 5.00. The minimum Gasteiger partial charge on any atom is -0.309 e. The fourth-order valence-electron chi connectivity index (χ4n) is 3.34. The number of carbonyl (C=O) groups excluding carboxylic acids is 1. The molecule has 6 nitrogen and oxygen atoms in total. The number of rotatable bonds is 7. The minimum atomic E-state index is -0.511. The predicted octanol–water partition coefficient (Wildman–Crippen LogP) is 2.70. The Morgan fingerprint density at radius 2 is 1.89 bits per heavy atom. The number of benzene rings is 2. The molecule has 3 N–H and O–H groups in total. The molecular weight excluding hydrogens is 340 g/mol. The summed E-state index contributed by atoms with van der Waals surface area (Å²) in [7, 11) is 0. The zero-order chi connectivity index (χ0) is 18.6. The average molecular weight is 362 g/mol. The van der Waals surface area contributed by atoms with E-state index in [0.29, 0.717) is 24.1 Å². The zero-order valence-corrected chi connectivity index (χ0v) is 14.9. The highest BCUT2D eigenvalue weighted by atomic mass is 16.5. The summed E-state index contributed by atoms with van der Waals surface area (Å²) in [5, 5.41) is 16.7. The van der Waals surface area contributed by atoms with E-state index in [1.807, 2.05) is 29.2 Å². The fourth-order valence-corrected chi connectivity index (χ4v) is 3.34. The Morgan fingerprint density at radius 3 is 2.63 bits per heavy atom. The summed E-state index contributed by atoms with van der Waals surface area (Å²) in [5.41, 5.74) is 5.66. The molecule has 2 atom stereocenters. The maximum Gasteiger partial charge on any atom is 0.274 e. The molecule has 4 rings (SSSR count). The second-order valence-electron chi connectivity index (χ2n) is 6.92. The number of aromatic nitrogens is 2. The van der Waals surface area contributed by atoms with Crippen molar-refractivity contribution in [3.63, 3.8) is 0 Å². The van der Waals surface area contributed by atoms with Gasteiger partial charge in [0.2, 0.25) is 0 Å². The second-order valence-corrected chi connectivity index (χ2v) is 6.92. The molecule has 138 valence electrons. The number of hydroxylamine groups is 1. The van der Waals surface area contributed by atoms with E-state index >= 15 is 0 Å². The first kappa shape index (κ1) is 17.5. The van der Waals surface area contributed by atoms with Crippen molar-refractivity contribution >= 4 is 5.91 Å². The lowest BCUT2D eigenvalue weighted by atomic mass is 10.1. The lowest BCUT2D eigenvalue weighted by Crippen LogP contribution is -2.18. The number of hydrogen-bond acceptors (Lipinski definition) is 4. The molecule has 0 unspecified atom stereocenters. The van der Waals surface area contributed by atoms with Crippen molar-refractivity contribution in [2.45, 2.75) is 31.5 Å². The lowest BCUT2D eigenvalue weighted by Gasteiger charge is -2.04. The summed E-state index contributed by atoms with van der Waals surface area (Å²) < 4.78 is 1.89. The van der Waals surface area contributed by atoms with Crippen LogP contribution in [0.25, 0.3) is 0 Å². The largest absolute Gasteiger partial charge is 0.309 e. The van der Waals surface area contributed by atoms with Crippen LogP contribution in [0.2, 0.25) is 0 Å². The average Bonchev–Trinajstić information content (AvgIpc) is 3.37. The van der Waals surface area contributed by atoms with E-state index in [-0.39, 0.29) is 0 Å². The first-order valence-electron chi connectivity index (χ1n) is 9.06. The van der Waals surface area contributed by atoms with Gasteiger partial charge < -0.3 is 5.32 Å². The molecule has 27 heavy (non-hydrogen) atoms.